The van der Waals surface area contributed by atoms with Crippen LogP contribution in [0, 0.1) is 0 Å². The van der Waals surface area contributed by atoms with Crippen molar-refractivity contribution < 1.29 is 15.0 Å². The molecule has 368 valence electrons. The molecule has 4 heteroatoms. The van der Waals surface area contributed by atoms with E-state index in [1.165, 1.54) is 225 Å². The van der Waals surface area contributed by atoms with Crippen LogP contribution in [0.15, 0.2) is 60.8 Å². The Morgan fingerprint density at radius 2 is 0.667 bits per heavy atom. The third-order valence-corrected chi connectivity index (χ3v) is 12.7. The van der Waals surface area contributed by atoms with E-state index >= 15 is 0 Å². The molecule has 0 saturated carbocycles. The average molecular weight is 881 g/mol. The molecule has 0 aromatic carbocycles. The molecule has 0 saturated heterocycles. The van der Waals surface area contributed by atoms with E-state index in [1.54, 1.807) is 6.08 Å². The molecule has 0 aromatic rings. The van der Waals surface area contributed by atoms with Crippen LogP contribution in [0.25, 0.3) is 0 Å². The summed E-state index contributed by atoms with van der Waals surface area (Å²) in [4.78, 5) is 12.4. The number of aliphatic hydroxyl groups excluding tert-OH is 2. The van der Waals surface area contributed by atoms with Crippen molar-refractivity contribution in [3.05, 3.63) is 60.8 Å². The van der Waals surface area contributed by atoms with Gasteiger partial charge in [-0.1, -0.05) is 274 Å². The quantitative estimate of drug-likeness (QED) is 0.0421. The molecule has 0 aromatic heterocycles. The Morgan fingerprint density at radius 3 is 1.05 bits per heavy atom. The van der Waals surface area contributed by atoms with Crippen LogP contribution >= 0.6 is 0 Å². The molecular formula is C59H109NO3. The molecule has 0 bridgehead atoms. The topological polar surface area (TPSA) is 69.6 Å². The molecule has 0 aliphatic rings. The molecule has 1 amide bonds. The minimum atomic E-state index is -0.859. The van der Waals surface area contributed by atoms with Gasteiger partial charge in [-0.05, 0) is 70.6 Å². The van der Waals surface area contributed by atoms with Crippen molar-refractivity contribution >= 4 is 5.91 Å². The van der Waals surface area contributed by atoms with E-state index in [0.29, 0.717) is 6.42 Å². The molecule has 4 nitrogen and oxygen atoms in total. The Bertz CT molecular complexity index is 1040. The highest BCUT2D eigenvalue weighted by Crippen LogP contribution is 2.17. The monoisotopic (exact) mass is 880 g/mol. The molecular weight excluding hydrogens is 771 g/mol. The van der Waals surface area contributed by atoms with Crippen LogP contribution < -0.4 is 5.32 Å². The summed E-state index contributed by atoms with van der Waals surface area (Å²) in [5.74, 6) is -0.0728. The van der Waals surface area contributed by atoms with Crippen LogP contribution in [0.4, 0.5) is 0 Å². The molecule has 0 spiro atoms. The number of hydrogen-bond donors (Lipinski definition) is 3. The number of unbranched alkanes of at least 4 members (excludes halogenated alkanes) is 36. The van der Waals surface area contributed by atoms with Crippen LogP contribution in [0.1, 0.15) is 290 Å². The number of aliphatic hydroxyl groups is 2. The van der Waals surface area contributed by atoms with E-state index in [4.69, 9.17) is 0 Å². The van der Waals surface area contributed by atoms with Crippen LogP contribution in [0.5, 0.6) is 0 Å². The van der Waals surface area contributed by atoms with Gasteiger partial charge in [-0.15, -0.1) is 0 Å². The van der Waals surface area contributed by atoms with Gasteiger partial charge in [0.15, 0.2) is 0 Å². The Labute approximate surface area is 394 Å². The number of allylic oxidation sites excluding steroid dienone is 9. The average Bonchev–Trinajstić information content (AvgIpc) is 3.29. The molecule has 0 rings (SSSR count). The number of nitrogens with one attached hydrogen (secondary N) is 1. The minimum Gasteiger partial charge on any atom is -0.394 e. The minimum absolute atomic E-state index is 0.0728. The maximum absolute atomic E-state index is 12.4. The number of rotatable bonds is 51. The lowest BCUT2D eigenvalue weighted by atomic mass is 10.0. The van der Waals surface area contributed by atoms with Crippen molar-refractivity contribution in [2.45, 2.75) is 302 Å². The molecule has 2 unspecified atom stereocenters. The summed E-state index contributed by atoms with van der Waals surface area (Å²) in [6.07, 6.45) is 77.0. The second-order valence-corrected chi connectivity index (χ2v) is 19.0. The van der Waals surface area contributed by atoms with E-state index in [0.717, 1.165) is 44.9 Å². The smallest absolute Gasteiger partial charge is 0.220 e. The van der Waals surface area contributed by atoms with Crippen LogP contribution in [0.3, 0.4) is 0 Å². The van der Waals surface area contributed by atoms with Gasteiger partial charge in [-0.25, -0.2) is 0 Å². The molecule has 0 heterocycles. The first-order valence-electron chi connectivity index (χ1n) is 28.0. The van der Waals surface area contributed by atoms with Gasteiger partial charge in [0.25, 0.3) is 0 Å². The van der Waals surface area contributed by atoms with Gasteiger partial charge in [0.05, 0.1) is 18.8 Å². The highest BCUT2D eigenvalue weighted by atomic mass is 16.3. The maximum Gasteiger partial charge on any atom is 0.220 e. The molecule has 0 aliphatic carbocycles. The zero-order valence-corrected chi connectivity index (χ0v) is 42.3. The fourth-order valence-electron chi connectivity index (χ4n) is 8.44. The zero-order valence-electron chi connectivity index (χ0n) is 42.3. The first kappa shape index (κ1) is 61.1. The van der Waals surface area contributed by atoms with Gasteiger partial charge in [0.2, 0.25) is 5.91 Å². The summed E-state index contributed by atoms with van der Waals surface area (Å²) >= 11 is 0. The highest BCUT2D eigenvalue weighted by Gasteiger charge is 2.18. The highest BCUT2D eigenvalue weighted by molar-refractivity contribution is 5.76. The van der Waals surface area contributed by atoms with E-state index in [-0.39, 0.29) is 12.5 Å². The second-order valence-electron chi connectivity index (χ2n) is 19.0. The fraction of sp³-hybridized carbons (Fsp3) is 0.814. The Hall–Kier alpha value is -1.91. The summed E-state index contributed by atoms with van der Waals surface area (Å²) in [5, 5.41) is 22.9. The summed E-state index contributed by atoms with van der Waals surface area (Å²) in [6.45, 7) is 4.26. The van der Waals surface area contributed by atoms with Crippen molar-refractivity contribution in [2.24, 2.45) is 0 Å². The fourth-order valence-corrected chi connectivity index (χ4v) is 8.44. The largest absolute Gasteiger partial charge is 0.394 e. The number of amides is 1. The molecule has 2 atom stereocenters. The summed E-state index contributed by atoms with van der Waals surface area (Å²) in [5.41, 5.74) is 0. The maximum atomic E-state index is 12.4. The second kappa shape index (κ2) is 54.4. The van der Waals surface area contributed by atoms with Crippen molar-refractivity contribution in [1.29, 1.82) is 0 Å². The van der Waals surface area contributed by atoms with Gasteiger partial charge >= 0.3 is 0 Å². The number of carbonyl (C=O) groups is 1. The summed E-state index contributed by atoms with van der Waals surface area (Å²) in [7, 11) is 0. The Kier molecular flexibility index (Phi) is 52.8. The van der Waals surface area contributed by atoms with Crippen molar-refractivity contribution in [2.75, 3.05) is 6.61 Å². The van der Waals surface area contributed by atoms with E-state index in [9.17, 15) is 15.0 Å². The van der Waals surface area contributed by atoms with Crippen molar-refractivity contribution in [1.82, 2.24) is 5.32 Å². The third-order valence-electron chi connectivity index (χ3n) is 12.7. The lowest BCUT2D eigenvalue weighted by molar-refractivity contribution is -0.123. The normalized spacial score (nSPS) is 13.3. The Balaban J connectivity index is 3.37. The zero-order chi connectivity index (χ0) is 45.6. The number of carbonyl (C=O) groups excluding carboxylic acids is 1. The molecule has 0 aliphatic heterocycles. The van der Waals surface area contributed by atoms with Crippen LogP contribution in [-0.2, 0) is 4.79 Å². The first-order valence-corrected chi connectivity index (χ1v) is 28.0. The SMILES string of the molecule is CCCCCC/C=C/CC/C=C/C(O)C(CO)NC(=O)CCCCCCCCCCCCCCCCCCCCCCCCCCCC/C=C\C/C=C\C/C=C\CCCCCCC. The summed E-state index contributed by atoms with van der Waals surface area (Å²) in [6, 6.07) is -0.636. The van der Waals surface area contributed by atoms with Crippen molar-refractivity contribution in [3.8, 4) is 0 Å². The van der Waals surface area contributed by atoms with Gasteiger partial charge in [0.1, 0.15) is 0 Å². The van der Waals surface area contributed by atoms with Crippen molar-refractivity contribution in [3.63, 3.8) is 0 Å². The molecule has 63 heavy (non-hydrogen) atoms. The summed E-state index contributed by atoms with van der Waals surface area (Å²) < 4.78 is 0. The third kappa shape index (κ3) is 50.9. The first-order chi connectivity index (χ1) is 31.2. The molecule has 3 N–H and O–H groups in total. The number of hydrogen-bond acceptors (Lipinski definition) is 3. The van der Waals surface area contributed by atoms with E-state index in [1.807, 2.05) is 6.08 Å². The molecule has 0 radical (unpaired) electrons. The van der Waals surface area contributed by atoms with E-state index in [2.05, 4.69) is 67.8 Å². The standard InChI is InChI=1S/C59H109NO3/c1-3-5-7-9-11-13-15-16-17-18-19-20-21-22-23-24-25-26-27-28-29-30-31-32-33-34-35-36-37-38-39-40-41-42-43-44-45-47-49-51-53-55-59(63)60-57(56-61)58(62)54-52-50-48-46-14-12-10-8-6-4-2/h14-16,18-19,21-22,46,52,54,57-58,61-62H,3-13,17,20,23-45,47-51,53,55-56H2,1-2H3,(H,60,63)/b16-15-,19-18-,22-21-,46-14+,54-52+. The van der Waals surface area contributed by atoms with Gasteiger partial charge in [-0.3, -0.25) is 4.79 Å². The lowest BCUT2D eigenvalue weighted by Crippen LogP contribution is -2.45. The Morgan fingerprint density at radius 1 is 0.381 bits per heavy atom. The lowest BCUT2D eigenvalue weighted by Gasteiger charge is -2.19. The van der Waals surface area contributed by atoms with Gasteiger partial charge in [-0.2, -0.15) is 0 Å². The van der Waals surface area contributed by atoms with E-state index < -0.39 is 12.1 Å². The predicted octanol–water partition coefficient (Wildman–Crippen LogP) is 18.4. The molecule has 0 fully saturated rings. The van der Waals surface area contributed by atoms with Crippen LogP contribution in [-0.4, -0.2) is 34.9 Å². The van der Waals surface area contributed by atoms with Crippen LogP contribution in [0.2, 0.25) is 0 Å². The van der Waals surface area contributed by atoms with Gasteiger partial charge in [0, 0.05) is 6.42 Å². The van der Waals surface area contributed by atoms with Gasteiger partial charge < -0.3 is 15.5 Å². The predicted molar refractivity (Wildman–Crippen MR) is 281 cm³/mol.